The summed E-state index contributed by atoms with van der Waals surface area (Å²) in [5, 5.41) is 4.83. The van der Waals surface area contributed by atoms with Crippen molar-refractivity contribution < 1.29 is 22.4 Å². The maximum atomic E-state index is 13.2. The number of imidazole rings is 1. The molecule has 1 heterocycles. The number of anilines is 1. The lowest BCUT2D eigenvalue weighted by atomic mass is 10.1. The molecule has 0 bridgehead atoms. The number of aromatic nitrogens is 2. The molecule has 0 unspecified atom stereocenters. The first-order valence-corrected chi connectivity index (χ1v) is 8.43. The van der Waals surface area contributed by atoms with Crippen LogP contribution in [0.1, 0.15) is 16.8 Å². The highest BCUT2D eigenvalue weighted by Crippen LogP contribution is 2.32. The fourth-order valence-corrected chi connectivity index (χ4v) is 2.84. The first-order chi connectivity index (χ1) is 13.7. The van der Waals surface area contributed by atoms with E-state index in [0.29, 0.717) is 17.4 Å². The van der Waals surface area contributed by atoms with E-state index in [-0.39, 0.29) is 11.3 Å². The lowest BCUT2D eigenvalue weighted by molar-refractivity contribution is -0.138. The number of amides is 2. The Kier molecular flexibility index (Phi) is 5.44. The molecule has 0 fully saturated rings. The van der Waals surface area contributed by atoms with Gasteiger partial charge in [0.25, 0.3) is 0 Å². The minimum Gasteiger partial charge on any atom is -0.334 e. The fraction of sp³-hybridized carbons (Fsp3) is 0.158. The predicted molar refractivity (Wildman–Crippen MR) is 98.4 cm³/mol. The summed E-state index contributed by atoms with van der Waals surface area (Å²) in [6.45, 7) is 1.23. The molecule has 0 aliphatic rings. The Balaban J connectivity index is 1.78. The van der Waals surface area contributed by atoms with Gasteiger partial charge in [-0.25, -0.2) is 14.0 Å². The van der Waals surface area contributed by atoms with E-state index in [9.17, 15) is 27.2 Å². The van der Waals surface area contributed by atoms with Gasteiger partial charge in [-0.1, -0.05) is 18.2 Å². The third-order valence-electron chi connectivity index (χ3n) is 4.17. The molecule has 0 saturated carbocycles. The summed E-state index contributed by atoms with van der Waals surface area (Å²) in [6, 6.07) is 7.92. The van der Waals surface area contributed by atoms with E-state index in [0.717, 1.165) is 12.1 Å². The number of carbonyl (C=O) groups excluding carboxylic acids is 1. The van der Waals surface area contributed by atoms with Crippen LogP contribution in [0.2, 0.25) is 0 Å². The normalized spacial score (nSPS) is 11.3. The van der Waals surface area contributed by atoms with E-state index in [4.69, 9.17) is 0 Å². The van der Waals surface area contributed by atoms with Crippen molar-refractivity contribution in [3.63, 3.8) is 0 Å². The molecule has 2 aromatic carbocycles. The number of halogens is 4. The average molecular weight is 408 g/mol. The molecule has 10 heteroatoms. The zero-order chi connectivity index (χ0) is 21.2. The van der Waals surface area contributed by atoms with E-state index >= 15 is 0 Å². The standard InChI is InChI=1S/C19H16F4N4O2/c1-11-9-25-18(29)27(11)16-5-3-2-4-15(16)26-17(28)24-10-12-6-7-13(20)8-14(12)19(21,22)23/h2-9H,10H2,1H3,(H,25,29)(H2,24,26,28). The first-order valence-electron chi connectivity index (χ1n) is 8.43. The molecular formula is C19H16F4N4O2. The number of rotatable bonds is 4. The number of aryl methyl sites for hydroxylation is 1. The fourth-order valence-electron chi connectivity index (χ4n) is 2.84. The van der Waals surface area contributed by atoms with Gasteiger partial charge in [-0.2, -0.15) is 13.2 Å². The minimum absolute atomic E-state index is 0.278. The molecule has 3 N–H and O–H groups in total. The Morgan fingerprint density at radius 2 is 1.90 bits per heavy atom. The van der Waals surface area contributed by atoms with Crippen LogP contribution in [0.25, 0.3) is 5.69 Å². The second-order valence-corrected chi connectivity index (χ2v) is 6.19. The average Bonchev–Trinajstić information content (AvgIpc) is 2.99. The molecule has 0 saturated heterocycles. The molecule has 2 amide bonds. The monoisotopic (exact) mass is 408 g/mol. The van der Waals surface area contributed by atoms with Crippen LogP contribution in [0.3, 0.4) is 0 Å². The van der Waals surface area contributed by atoms with Crippen molar-refractivity contribution >= 4 is 11.7 Å². The number of para-hydroxylation sites is 2. The maximum Gasteiger partial charge on any atom is 0.416 e. The second kappa shape index (κ2) is 7.82. The Labute approximate surface area is 162 Å². The van der Waals surface area contributed by atoms with Gasteiger partial charge in [-0.15, -0.1) is 0 Å². The molecule has 0 aliphatic heterocycles. The molecule has 1 aromatic heterocycles. The van der Waals surface area contributed by atoms with Crippen LogP contribution < -0.4 is 16.3 Å². The number of hydrogen-bond donors (Lipinski definition) is 3. The van der Waals surface area contributed by atoms with Crippen molar-refractivity contribution in [3.8, 4) is 5.69 Å². The molecule has 3 aromatic rings. The van der Waals surface area contributed by atoms with Crippen molar-refractivity contribution in [3.05, 3.63) is 81.8 Å². The van der Waals surface area contributed by atoms with Crippen LogP contribution in [0.4, 0.5) is 28.0 Å². The number of H-pyrrole nitrogens is 1. The predicted octanol–water partition coefficient (Wildman–Crippen LogP) is 3.95. The number of urea groups is 1. The smallest absolute Gasteiger partial charge is 0.334 e. The molecule has 152 valence electrons. The van der Waals surface area contributed by atoms with Gasteiger partial charge in [0, 0.05) is 18.4 Å². The van der Waals surface area contributed by atoms with Crippen LogP contribution in [0.5, 0.6) is 0 Å². The van der Waals surface area contributed by atoms with Crippen molar-refractivity contribution in [2.24, 2.45) is 0 Å². The van der Waals surface area contributed by atoms with Crippen molar-refractivity contribution in [2.75, 3.05) is 5.32 Å². The largest absolute Gasteiger partial charge is 0.416 e. The van der Waals surface area contributed by atoms with E-state index in [1.54, 1.807) is 31.2 Å². The summed E-state index contributed by atoms with van der Waals surface area (Å²) < 4.78 is 53.7. The topological polar surface area (TPSA) is 78.9 Å². The Bertz CT molecular complexity index is 1100. The number of alkyl halides is 3. The van der Waals surface area contributed by atoms with Crippen LogP contribution in [-0.4, -0.2) is 15.6 Å². The van der Waals surface area contributed by atoms with Gasteiger partial charge in [-0.05, 0) is 36.8 Å². The number of nitrogens with one attached hydrogen (secondary N) is 3. The van der Waals surface area contributed by atoms with Gasteiger partial charge in [0.1, 0.15) is 5.82 Å². The van der Waals surface area contributed by atoms with E-state index in [2.05, 4.69) is 15.6 Å². The van der Waals surface area contributed by atoms with Crippen LogP contribution in [0, 0.1) is 12.7 Å². The van der Waals surface area contributed by atoms with Gasteiger partial charge >= 0.3 is 17.9 Å². The third kappa shape index (κ3) is 4.48. The SMILES string of the molecule is Cc1c[nH]c(=O)n1-c1ccccc1NC(=O)NCc1ccc(F)cc1C(F)(F)F. The Hall–Kier alpha value is -3.56. The van der Waals surface area contributed by atoms with Crippen molar-refractivity contribution in [2.45, 2.75) is 19.6 Å². The maximum absolute atomic E-state index is 13.2. The summed E-state index contributed by atoms with van der Waals surface area (Å²) in [5.74, 6) is -1.02. The molecule has 6 nitrogen and oxygen atoms in total. The van der Waals surface area contributed by atoms with E-state index in [1.807, 2.05) is 0 Å². The number of benzene rings is 2. The highest BCUT2D eigenvalue weighted by Gasteiger charge is 2.33. The zero-order valence-corrected chi connectivity index (χ0v) is 15.1. The highest BCUT2D eigenvalue weighted by atomic mass is 19.4. The van der Waals surface area contributed by atoms with E-state index in [1.165, 1.54) is 10.8 Å². The molecular weight excluding hydrogens is 392 g/mol. The molecule has 0 atom stereocenters. The van der Waals surface area contributed by atoms with Crippen LogP contribution in [0.15, 0.2) is 53.5 Å². The van der Waals surface area contributed by atoms with Crippen LogP contribution in [-0.2, 0) is 12.7 Å². The quantitative estimate of drug-likeness (QED) is 0.572. The number of hydrogen-bond acceptors (Lipinski definition) is 2. The Morgan fingerprint density at radius 3 is 2.55 bits per heavy atom. The second-order valence-electron chi connectivity index (χ2n) is 6.19. The van der Waals surface area contributed by atoms with Gasteiger partial charge in [0.15, 0.2) is 0 Å². The summed E-state index contributed by atoms with van der Waals surface area (Å²) in [5.41, 5.74) is -0.564. The molecule has 3 rings (SSSR count). The van der Waals surface area contributed by atoms with Crippen LogP contribution >= 0.6 is 0 Å². The molecule has 0 spiro atoms. The summed E-state index contributed by atoms with van der Waals surface area (Å²) in [6.07, 6.45) is -3.25. The lowest BCUT2D eigenvalue weighted by Gasteiger charge is -2.15. The van der Waals surface area contributed by atoms with Gasteiger partial charge in [0.2, 0.25) is 0 Å². The van der Waals surface area contributed by atoms with Crippen molar-refractivity contribution in [1.29, 1.82) is 0 Å². The van der Waals surface area contributed by atoms with E-state index < -0.39 is 35.8 Å². The number of aromatic amines is 1. The first kappa shape index (κ1) is 20.2. The Morgan fingerprint density at radius 1 is 1.17 bits per heavy atom. The number of nitrogens with zero attached hydrogens (tertiary/aromatic N) is 1. The third-order valence-corrected chi connectivity index (χ3v) is 4.17. The zero-order valence-electron chi connectivity index (χ0n) is 15.1. The van der Waals surface area contributed by atoms with Gasteiger partial charge in [-0.3, -0.25) is 4.57 Å². The minimum atomic E-state index is -4.75. The molecule has 0 radical (unpaired) electrons. The molecule has 0 aliphatic carbocycles. The summed E-state index contributed by atoms with van der Waals surface area (Å²) in [7, 11) is 0. The lowest BCUT2D eigenvalue weighted by Crippen LogP contribution is -2.30. The molecule has 29 heavy (non-hydrogen) atoms. The number of carbonyl (C=O) groups is 1. The summed E-state index contributed by atoms with van der Waals surface area (Å²) >= 11 is 0. The summed E-state index contributed by atoms with van der Waals surface area (Å²) in [4.78, 5) is 26.8. The highest BCUT2D eigenvalue weighted by molar-refractivity contribution is 5.91. The van der Waals surface area contributed by atoms with Crippen molar-refractivity contribution in [1.82, 2.24) is 14.9 Å². The van der Waals surface area contributed by atoms with Gasteiger partial charge in [0.05, 0.1) is 16.9 Å². The van der Waals surface area contributed by atoms with Gasteiger partial charge < -0.3 is 15.6 Å².